The molecule has 1 atom stereocenters. The summed E-state index contributed by atoms with van der Waals surface area (Å²) < 4.78 is 1.35. The highest BCUT2D eigenvalue weighted by molar-refractivity contribution is 8.00. The largest absolute Gasteiger partial charge is 0.344 e. The van der Waals surface area contributed by atoms with Crippen LogP contribution in [-0.4, -0.2) is 44.4 Å². The summed E-state index contributed by atoms with van der Waals surface area (Å²) in [4.78, 5) is 24.6. The molecule has 0 radical (unpaired) electrons. The van der Waals surface area contributed by atoms with Crippen LogP contribution in [0.2, 0.25) is 0 Å². The van der Waals surface area contributed by atoms with Gasteiger partial charge in [0, 0.05) is 20.6 Å². The number of nitriles is 1. The lowest BCUT2D eigenvalue weighted by molar-refractivity contribution is -0.128. The lowest BCUT2D eigenvalue weighted by atomic mass is 10.3. The Kier molecular flexibility index (Phi) is 4.97. The first-order valence-corrected chi connectivity index (χ1v) is 6.25. The van der Waals surface area contributed by atoms with Crippen LogP contribution in [0.1, 0.15) is 13.3 Å². The lowest BCUT2D eigenvalue weighted by Gasteiger charge is -2.19. The van der Waals surface area contributed by atoms with Gasteiger partial charge in [-0.2, -0.15) is 5.26 Å². The second kappa shape index (κ2) is 6.26. The monoisotopic (exact) mass is 269 g/mol. The zero-order valence-corrected chi connectivity index (χ0v) is 11.3. The molecule has 0 saturated heterocycles. The maximum atomic E-state index is 11.9. The molecule has 0 spiro atoms. The first-order chi connectivity index (χ1) is 8.47. The van der Waals surface area contributed by atoms with Crippen LogP contribution in [-0.2, 0) is 11.8 Å². The quantitative estimate of drug-likeness (QED) is 0.757. The van der Waals surface area contributed by atoms with E-state index < -0.39 is 0 Å². The molecule has 7 nitrogen and oxygen atoms in total. The molecule has 0 fully saturated rings. The summed E-state index contributed by atoms with van der Waals surface area (Å²) in [5.41, 5.74) is -0.310. The van der Waals surface area contributed by atoms with E-state index in [9.17, 15) is 9.59 Å². The van der Waals surface area contributed by atoms with Crippen molar-refractivity contribution in [1.29, 1.82) is 5.26 Å². The SMILES string of the molecule is C[C@@H](Sc1n[nH]c(=O)n1C)C(=O)N(C)CCC#N. The molecule has 1 rings (SSSR count). The van der Waals surface area contributed by atoms with Gasteiger partial charge in [-0.05, 0) is 6.92 Å². The number of aromatic amines is 1. The molecule has 0 unspecified atom stereocenters. The Balaban J connectivity index is 2.63. The zero-order valence-electron chi connectivity index (χ0n) is 10.5. The third-order valence-electron chi connectivity index (χ3n) is 2.40. The first-order valence-electron chi connectivity index (χ1n) is 5.37. The number of nitrogens with zero attached hydrogens (tertiary/aromatic N) is 4. The van der Waals surface area contributed by atoms with E-state index in [1.807, 2.05) is 6.07 Å². The molecule has 1 N–H and O–H groups in total. The summed E-state index contributed by atoms with van der Waals surface area (Å²) >= 11 is 1.21. The lowest BCUT2D eigenvalue weighted by Crippen LogP contribution is -2.34. The van der Waals surface area contributed by atoms with Gasteiger partial charge in [0.1, 0.15) is 0 Å². The number of carbonyl (C=O) groups excluding carboxylic acids is 1. The zero-order chi connectivity index (χ0) is 13.7. The van der Waals surface area contributed by atoms with E-state index in [0.717, 1.165) is 0 Å². The highest BCUT2D eigenvalue weighted by atomic mass is 32.2. The second-order valence-corrected chi connectivity index (χ2v) is 5.11. The minimum atomic E-state index is -0.359. The van der Waals surface area contributed by atoms with Gasteiger partial charge >= 0.3 is 5.69 Å². The molecule has 1 aromatic heterocycles. The molecule has 98 valence electrons. The van der Waals surface area contributed by atoms with Crippen molar-refractivity contribution in [2.75, 3.05) is 13.6 Å². The van der Waals surface area contributed by atoms with Crippen LogP contribution in [0.4, 0.5) is 0 Å². The molecule has 1 amide bonds. The van der Waals surface area contributed by atoms with Gasteiger partial charge in [0.15, 0.2) is 5.16 Å². The summed E-state index contributed by atoms with van der Waals surface area (Å²) in [6, 6.07) is 1.99. The van der Waals surface area contributed by atoms with E-state index >= 15 is 0 Å². The number of carbonyl (C=O) groups is 1. The molecular weight excluding hydrogens is 254 g/mol. The normalized spacial score (nSPS) is 11.9. The fraction of sp³-hybridized carbons (Fsp3) is 0.600. The van der Waals surface area contributed by atoms with Gasteiger partial charge in [0.05, 0.1) is 17.7 Å². The number of nitrogens with one attached hydrogen (secondary N) is 1. The van der Waals surface area contributed by atoms with Crippen LogP contribution >= 0.6 is 11.8 Å². The van der Waals surface area contributed by atoms with Gasteiger partial charge in [-0.3, -0.25) is 9.36 Å². The maximum absolute atomic E-state index is 11.9. The number of rotatable bonds is 5. The molecule has 1 heterocycles. The number of thioether (sulfide) groups is 1. The third-order valence-corrected chi connectivity index (χ3v) is 3.54. The Bertz CT molecular complexity index is 515. The maximum Gasteiger partial charge on any atom is 0.343 e. The van der Waals surface area contributed by atoms with E-state index in [0.29, 0.717) is 18.1 Å². The predicted molar refractivity (Wildman–Crippen MR) is 67.0 cm³/mol. The van der Waals surface area contributed by atoms with Gasteiger partial charge in [-0.15, -0.1) is 5.10 Å². The molecule has 0 bridgehead atoms. The van der Waals surface area contributed by atoms with Crippen LogP contribution in [0.5, 0.6) is 0 Å². The van der Waals surface area contributed by atoms with Crippen LogP contribution in [0.25, 0.3) is 0 Å². The number of amides is 1. The smallest absolute Gasteiger partial charge is 0.343 e. The fourth-order valence-electron chi connectivity index (χ4n) is 1.28. The van der Waals surface area contributed by atoms with Crippen LogP contribution in [0, 0.1) is 11.3 Å². The van der Waals surface area contributed by atoms with E-state index in [-0.39, 0.29) is 16.8 Å². The number of hydrogen-bond donors (Lipinski definition) is 1. The van der Waals surface area contributed by atoms with Crippen LogP contribution in [0.3, 0.4) is 0 Å². The van der Waals surface area contributed by atoms with Crippen LogP contribution in [0.15, 0.2) is 9.95 Å². The second-order valence-electron chi connectivity index (χ2n) is 3.80. The van der Waals surface area contributed by atoms with E-state index in [2.05, 4.69) is 10.2 Å². The van der Waals surface area contributed by atoms with Gasteiger partial charge in [0.25, 0.3) is 0 Å². The summed E-state index contributed by atoms with van der Waals surface area (Å²) in [5, 5.41) is 14.7. The summed E-state index contributed by atoms with van der Waals surface area (Å²) in [6.45, 7) is 2.15. The topological polar surface area (TPSA) is 94.8 Å². The van der Waals surface area contributed by atoms with E-state index in [4.69, 9.17) is 5.26 Å². The Morgan fingerprint density at radius 2 is 2.39 bits per heavy atom. The average Bonchev–Trinajstić information content (AvgIpc) is 2.66. The minimum Gasteiger partial charge on any atom is -0.344 e. The van der Waals surface area contributed by atoms with Gasteiger partial charge in [-0.1, -0.05) is 11.8 Å². The van der Waals surface area contributed by atoms with E-state index in [1.165, 1.54) is 21.2 Å². The van der Waals surface area contributed by atoms with Gasteiger partial charge in [0.2, 0.25) is 5.91 Å². The Hall–Kier alpha value is -1.75. The summed E-state index contributed by atoms with van der Waals surface area (Å²) in [7, 11) is 3.24. The first kappa shape index (κ1) is 14.3. The Morgan fingerprint density at radius 1 is 1.72 bits per heavy atom. The molecule has 18 heavy (non-hydrogen) atoms. The van der Waals surface area contributed by atoms with Crippen molar-refractivity contribution in [2.24, 2.45) is 7.05 Å². The molecule has 1 aromatic rings. The molecule has 0 saturated carbocycles. The van der Waals surface area contributed by atoms with Crippen molar-refractivity contribution in [1.82, 2.24) is 19.7 Å². The Morgan fingerprint density at radius 3 is 2.89 bits per heavy atom. The molecule has 0 aliphatic carbocycles. The molecular formula is C10H15N5O2S. The Labute approximate surface area is 109 Å². The fourth-order valence-corrected chi connectivity index (χ4v) is 2.22. The van der Waals surface area contributed by atoms with Crippen molar-refractivity contribution in [2.45, 2.75) is 23.8 Å². The van der Waals surface area contributed by atoms with Gasteiger partial charge in [-0.25, -0.2) is 9.89 Å². The minimum absolute atomic E-state index is 0.0919. The van der Waals surface area contributed by atoms with Crippen LogP contribution < -0.4 is 5.69 Å². The highest BCUT2D eigenvalue weighted by Crippen LogP contribution is 2.20. The van der Waals surface area contributed by atoms with Gasteiger partial charge < -0.3 is 4.90 Å². The van der Waals surface area contributed by atoms with Crippen molar-refractivity contribution in [3.63, 3.8) is 0 Å². The summed E-state index contributed by atoms with van der Waals surface area (Å²) in [5.74, 6) is -0.0919. The van der Waals surface area contributed by atoms with E-state index in [1.54, 1.807) is 21.0 Å². The van der Waals surface area contributed by atoms with Crippen molar-refractivity contribution >= 4 is 17.7 Å². The number of H-pyrrole nitrogens is 1. The molecule has 0 aromatic carbocycles. The standard InChI is InChI=1S/C10H15N5O2S/c1-7(8(16)14(2)6-4-5-11)18-10-13-12-9(17)15(10)3/h7H,4,6H2,1-3H3,(H,12,17)/t7-/m1/s1. The number of aromatic nitrogens is 3. The molecule has 0 aliphatic rings. The predicted octanol–water partition coefficient (Wildman–Crippen LogP) is -0.0389. The molecule has 8 heteroatoms. The third kappa shape index (κ3) is 3.37. The van der Waals surface area contributed by atoms with Crippen molar-refractivity contribution < 1.29 is 4.79 Å². The highest BCUT2D eigenvalue weighted by Gasteiger charge is 2.20. The van der Waals surface area contributed by atoms with Crippen molar-refractivity contribution in [3.05, 3.63) is 10.5 Å². The average molecular weight is 269 g/mol. The van der Waals surface area contributed by atoms with Crippen molar-refractivity contribution in [3.8, 4) is 6.07 Å². The number of hydrogen-bond acceptors (Lipinski definition) is 5. The summed E-state index contributed by atoms with van der Waals surface area (Å²) in [6.07, 6.45) is 0.306. The molecule has 0 aliphatic heterocycles.